The van der Waals surface area contributed by atoms with Crippen molar-refractivity contribution in [2.45, 2.75) is 43.7 Å². The summed E-state index contributed by atoms with van der Waals surface area (Å²) >= 11 is 3.22. The predicted molar refractivity (Wildman–Crippen MR) is 123 cm³/mol. The number of pyridine rings is 1. The molecule has 4 rings (SSSR count). The number of nitrogens with one attached hydrogen (secondary N) is 1. The molecule has 1 aromatic carbocycles. The number of ether oxygens (including phenoxy) is 2. The summed E-state index contributed by atoms with van der Waals surface area (Å²) in [4.78, 5) is 15.7. The number of rotatable bonds is 8. The summed E-state index contributed by atoms with van der Waals surface area (Å²) in [7, 11) is -3.99. The van der Waals surface area contributed by atoms with E-state index in [9.17, 15) is 22.0 Å². The van der Waals surface area contributed by atoms with Gasteiger partial charge < -0.3 is 9.47 Å². The van der Waals surface area contributed by atoms with Crippen LogP contribution in [0.5, 0.6) is 11.6 Å². The summed E-state index contributed by atoms with van der Waals surface area (Å²) in [5, 5.41) is 4.24. The Morgan fingerprint density at radius 2 is 2.06 bits per heavy atom. The van der Waals surface area contributed by atoms with E-state index in [0.717, 1.165) is 24.0 Å². The molecule has 3 aromatic rings. The number of aromatic nitrogens is 3. The van der Waals surface area contributed by atoms with Gasteiger partial charge in [-0.15, -0.1) is 0 Å². The van der Waals surface area contributed by atoms with Gasteiger partial charge in [-0.05, 0) is 60.3 Å². The lowest BCUT2D eigenvalue weighted by Crippen LogP contribution is -2.31. The Morgan fingerprint density at radius 3 is 2.77 bits per heavy atom. The summed E-state index contributed by atoms with van der Waals surface area (Å²) < 4.78 is 67.5. The van der Waals surface area contributed by atoms with Crippen molar-refractivity contribution in [2.75, 3.05) is 6.61 Å². The van der Waals surface area contributed by atoms with Crippen molar-refractivity contribution in [3.63, 3.8) is 0 Å². The van der Waals surface area contributed by atoms with Crippen molar-refractivity contribution in [1.29, 1.82) is 0 Å². The zero-order chi connectivity index (χ0) is 25.2. The fourth-order valence-electron chi connectivity index (χ4n) is 3.74. The maximum absolute atomic E-state index is 13.4. The third-order valence-corrected chi connectivity index (χ3v) is 7.35. The van der Waals surface area contributed by atoms with Crippen molar-refractivity contribution in [3.8, 4) is 11.6 Å². The van der Waals surface area contributed by atoms with Crippen molar-refractivity contribution >= 4 is 31.9 Å². The van der Waals surface area contributed by atoms with Gasteiger partial charge in [0.2, 0.25) is 15.9 Å². The SMILES string of the molecule is CCOC(=O)Cn1ncc2c1CCC[C@H]2NS(=O)(=O)c1cnc(Oc2ccc(F)c(F)c2)c(Br)c1. The molecule has 186 valence electrons. The lowest BCUT2D eigenvalue weighted by Gasteiger charge is -2.24. The van der Waals surface area contributed by atoms with Crippen molar-refractivity contribution in [1.82, 2.24) is 19.5 Å². The number of hydrogen-bond acceptors (Lipinski definition) is 7. The van der Waals surface area contributed by atoms with Gasteiger partial charge in [-0.3, -0.25) is 9.48 Å². The summed E-state index contributed by atoms with van der Waals surface area (Å²) in [6, 6.07) is 3.77. The minimum atomic E-state index is -3.99. The minimum Gasteiger partial charge on any atom is -0.465 e. The van der Waals surface area contributed by atoms with Gasteiger partial charge in [0.25, 0.3) is 0 Å². The Labute approximate surface area is 208 Å². The fraction of sp³-hybridized carbons (Fsp3) is 0.318. The topological polar surface area (TPSA) is 112 Å². The summed E-state index contributed by atoms with van der Waals surface area (Å²) in [5.41, 5.74) is 1.49. The third kappa shape index (κ3) is 5.68. The molecule has 35 heavy (non-hydrogen) atoms. The molecule has 0 saturated heterocycles. The Hall–Kier alpha value is -2.90. The van der Waals surface area contributed by atoms with Crippen LogP contribution in [0.2, 0.25) is 0 Å². The molecule has 1 aliphatic carbocycles. The van der Waals surface area contributed by atoms with Crippen LogP contribution >= 0.6 is 15.9 Å². The van der Waals surface area contributed by atoms with E-state index in [-0.39, 0.29) is 34.1 Å². The number of sulfonamides is 1. The van der Waals surface area contributed by atoms with Crippen molar-refractivity contribution in [3.05, 3.63) is 64.0 Å². The third-order valence-electron chi connectivity index (χ3n) is 5.34. The van der Waals surface area contributed by atoms with Gasteiger partial charge in [-0.25, -0.2) is 26.9 Å². The van der Waals surface area contributed by atoms with E-state index in [1.54, 1.807) is 13.1 Å². The largest absolute Gasteiger partial charge is 0.465 e. The predicted octanol–water partition coefficient (Wildman–Crippen LogP) is 4.03. The Morgan fingerprint density at radius 1 is 1.26 bits per heavy atom. The van der Waals surface area contributed by atoms with Crippen LogP contribution in [0.4, 0.5) is 8.78 Å². The average Bonchev–Trinajstić information content (AvgIpc) is 3.21. The Bertz CT molecular complexity index is 1370. The molecular formula is C22H21BrF2N4O5S. The van der Waals surface area contributed by atoms with E-state index in [1.165, 1.54) is 16.8 Å². The number of fused-ring (bicyclic) bond motifs is 1. The number of carbonyl (C=O) groups is 1. The monoisotopic (exact) mass is 570 g/mol. The first-order valence-electron chi connectivity index (χ1n) is 10.7. The number of benzene rings is 1. The smallest absolute Gasteiger partial charge is 0.327 e. The highest BCUT2D eigenvalue weighted by atomic mass is 79.9. The summed E-state index contributed by atoms with van der Waals surface area (Å²) in [6.07, 6.45) is 4.60. The van der Waals surface area contributed by atoms with E-state index in [1.807, 2.05) is 0 Å². The second-order valence-electron chi connectivity index (χ2n) is 7.71. The zero-order valence-electron chi connectivity index (χ0n) is 18.5. The van der Waals surface area contributed by atoms with Gasteiger partial charge in [-0.1, -0.05) is 0 Å². The molecular weight excluding hydrogens is 550 g/mol. The summed E-state index contributed by atoms with van der Waals surface area (Å²) in [6.45, 7) is 1.94. The number of nitrogens with zero attached hydrogens (tertiary/aromatic N) is 3. The lowest BCUT2D eigenvalue weighted by atomic mass is 9.94. The second-order valence-corrected chi connectivity index (χ2v) is 10.3. The molecule has 0 fully saturated rings. The lowest BCUT2D eigenvalue weighted by molar-refractivity contribution is -0.144. The molecule has 2 heterocycles. The number of hydrogen-bond donors (Lipinski definition) is 1. The van der Waals surface area contributed by atoms with E-state index in [4.69, 9.17) is 9.47 Å². The highest BCUT2D eigenvalue weighted by Crippen LogP contribution is 2.33. The van der Waals surface area contributed by atoms with Gasteiger partial charge >= 0.3 is 5.97 Å². The van der Waals surface area contributed by atoms with Gasteiger partial charge in [0.15, 0.2) is 11.6 Å². The Kier molecular flexibility index (Phi) is 7.47. The van der Waals surface area contributed by atoms with Crippen LogP contribution in [0.25, 0.3) is 0 Å². The average molecular weight is 571 g/mol. The number of esters is 1. The summed E-state index contributed by atoms with van der Waals surface area (Å²) in [5.74, 6) is -2.54. The molecule has 0 saturated carbocycles. The molecule has 0 bridgehead atoms. The van der Waals surface area contributed by atoms with Crippen molar-refractivity contribution < 1.29 is 31.5 Å². The highest BCUT2D eigenvalue weighted by Gasteiger charge is 2.29. The molecule has 0 spiro atoms. The van der Waals surface area contributed by atoms with Crippen LogP contribution < -0.4 is 9.46 Å². The first-order valence-corrected chi connectivity index (χ1v) is 13.0. The maximum atomic E-state index is 13.4. The fourth-order valence-corrected chi connectivity index (χ4v) is 5.54. The molecule has 1 N–H and O–H groups in total. The van der Waals surface area contributed by atoms with Crippen LogP contribution in [0.3, 0.4) is 0 Å². The molecule has 0 radical (unpaired) electrons. The normalized spacial score (nSPS) is 15.5. The first kappa shape index (κ1) is 25.2. The van der Waals surface area contributed by atoms with E-state index in [2.05, 4.69) is 30.7 Å². The van der Waals surface area contributed by atoms with E-state index in [0.29, 0.717) is 24.8 Å². The standard InChI is InChI=1S/C22H21BrF2N4O5S/c1-2-33-21(30)12-29-20-5-3-4-19(15(20)11-27-29)28-35(31,32)14-9-16(23)22(26-10-14)34-13-6-7-17(24)18(25)8-13/h6-11,19,28H,2-5,12H2,1H3/t19-/m1/s1. The van der Waals surface area contributed by atoms with Crippen LogP contribution in [-0.2, 0) is 32.5 Å². The second kappa shape index (κ2) is 10.4. The van der Waals surface area contributed by atoms with Gasteiger partial charge in [0, 0.05) is 17.3 Å². The van der Waals surface area contributed by atoms with E-state index < -0.39 is 33.7 Å². The van der Waals surface area contributed by atoms with Crippen LogP contribution in [0, 0.1) is 11.6 Å². The van der Waals surface area contributed by atoms with Gasteiger partial charge in [-0.2, -0.15) is 5.10 Å². The van der Waals surface area contributed by atoms with Crippen LogP contribution in [0.15, 0.2) is 46.0 Å². The molecule has 0 amide bonds. The quantitative estimate of drug-likeness (QED) is 0.407. The molecule has 2 aromatic heterocycles. The number of carbonyl (C=O) groups excluding carboxylic acids is 1. The van der Waals surface area contributed by atoms with Gasteiger partial charge in [0.1, 0.15) is 17.2 Å². The molecule has 9 nitrogen and oxygen atoms in total. The number of halogens is 3. The maximum Gasteiger partial charge on any atom is 0.327 e. The molecule has 0 unspecified atom stereocenters. The molecule has 0 aliphatic heterocycles. The zero-order valence-corrected chi connectivity index (χ0v) is 20.9. The van der Waals surface area contributed by atoms with Crippen LogP contribution in [-0.4, -0.2) is 35.8 Å². The molecule has 1 atom stereocenters. The first-order chi connectivity index (χ1) is 16.7. The van der Waals surface area contributed by atoms with Gasteiger partial charge in [0.05, 0.1) is 29.5 Å². The minimum absolute atomic E-state index is 0.000368. The van der Waals surface area contributed by atoms with E-state index >= 15 is 0 Å². The van der Waals surface area contributed by atoms with Crippen LogP contribution in [0.1, 0.15) is 37.1 Å². The Balaban J connectivity index is 1.51. The molecule has 1 aliphatic rings. The molecule has 13 heteroatoms. The van der Waals surface area contributed by atoms with Crippen molar-refractivity contribution in [2.24, 2.45) is 0 Å². The highest BCUT2D eigenvalue weighted by molar-refractivity contribution is 9.10.